The molecule has 2 aromatic rings. The van der Waals surface area contributed by atoms with Gasteiger partial charge >= 0.3 is 6.09 Å². The van der Waals surface area contributed by atoms with Crippen LogP contribution in [-0.4, -0.2) is 59.0 Å². The van der Waals surface area contributed by atoms with E-state index in [2.05, 4.69) is 40.4 Å². The summed E-state index contributed by atoms with van der Waals surface area (Å²) in [6.07, 6.45) is 1.35. The Morgan fingerprint density at radius 1 is 1.22 bits per heavy atom. The number of hydrogen-bond donors (Lipinski definition) is 1. The van der Waals surface area contributed by atoms with E-state index in [0.717, 1.165) is 5.69 Å². The smallest absolute Gasteiger partial charge is 0.409 e. The minimum absolute atomic E-state index is 0.267. The minimum Gasteiger partial charge on any atom is -0.450 e. The number of aromatic nitrogens is 3. The van der Waals surface area contributed by atoms with E-state index in [4.69, 9.17) is 4.74 Å². The Morgan fingerprint density at radius 3 is 2.67 bits per heavy atom. The molecule has 27 heavy (non-hydrogen) atoms. The zero-order chi connectivity index (χ0) is 19.2. The number of rotatable bonds is 5. The third-order valence-electron chi connectivity index (χ3n) is 4.48. The second-order valence-corrected chi connectivity index (χ2v) is 6.68. The van der Waals surface area contributed by atoms with Crippen LogP contribution in [0.2, 0.25) is 0 Å². The lowest BCUT2D eigenvalue weighted by molar-refractivity contribution is 0.105. The monoisotopic (exact) mass is 370 g/mol. The van der Waals surface area contributed by atoms with E-state index in [9.17, 15) is 4.79 Å². The van der Waals surface area contributed by atoms with Gasteiger partial charge in [-0.2, -0.15) is 10.1 Å². The number of ether oxygens (including phenoxy) is 1. The molecule has 8 nitrogen and oxygen atoms in total. The fraction of sp³-hybridized carbons (Fsp3) is 0.474. The molecule has 2 heterocycles. The van der Waals surface area contributed by atoms with Gasteiger partial charge in [0.2, 0.25) is 5.95 Å². The van der Waals surface area contributed by atoms with E-state index < -0.39 is 0 Å². The lowest BCUT2D eigenvalue weighted by atomic mass is 10.0. The lowest BCUT2D eigenvalue weighted by Crippen LogP contribution is -2.49. The predicted octanol–water partition coefficient (Wildman–Crippen LogP) is 3.02. The van der Waals surface area contributed by atoms with Gasteiger partial charge in [-0.05, 0) is 24.5 Å². The van der Waals surface area contributed by atoms with E-state index in [1.54, 1.807) is 11.1 Å². The Labute approximate surface area is 159 Å². The molecule has 3 rings (SSSR count). The van der Waals surface area contributed by atoms with Crippen molar-refractivity contribution in [3.05, 3.63) is 36.0 Å². The normalized spacial score (nSPS) is 14.4. The van der Waals surface area contributed by atoms with Crippen LogP contribution in [0.15, 0.2) is 30.5 Å². The average Bonchev–Trinajstić information content (AvgIpc) is 2.69. The zero-order valence-corrected chi connectivity index (χ0v) is 16.1. The SMILES string of the molecule is CCOC(=O)N1CCN(c2nncc(Nc3ccccc3C(C)C)n2)CC1. The Balaban J connectivity index is 1.68. The van der Waals surface area contributed by atoms with Crippen molar-refractivity contribution in [1.82, 2.24) is 20.1 Å². The van der Waals surface area contributed by atoms with Crippen molar-refractivity contribution in [3.63, 3.8) is 0 Å². The molecule has 0 radical (unpaired) electrons. The number of benzene rings is 1. The third kappa shape index (κ3) is 4.64. The van der Waals surface area contributed by atoms with Gasteiger partial charge in [-0.1, -0.05) is 32.0 Å². The molecule has 0 unspecified atom stereocenters. The molecule has 0 bridgehead atoms. The van der Waals surface area contributed by atoms with Gasteiger partial charge in [0.05, 0.1) is 12.8 Å². The maximum atomic E-state index is 11.8. The highest BCUT2D eigenvalue weighted by Crippen LogP contribution is 2.26. The summed E-state index contributed by atoms with van der Waals surface area (Å²) in [7, 11) is 0. The van der Waals surface area contributed by atoms with E-state index in [1.165, 1.54) is 5.56 Å². The number of carbonyl (C=O) groups is 1. The zero-order valence-electron chi connectivity index (χ0n) is 16.1. The highest BCUT2D eigenvalue weighted by molar-refractivity contribution is 5.68. The van der Waals surface area contributed by atoms with Gasteiger partial charge in [0.1, 0.15) is 0 Å². The fourth-order valence-electron chi connectivity index (χ4n) is 3.04. The van der Waals surface area contributed by atoms with Crippen molar-refractivity contribution in [3.8, 4) is 0 Å². The van der Waals surface area contributed by atoms with Crippen molar-refractivity contribution >= 4 is 23.5 Å². The van der Waals surface area contributed by atoms with Crippen LogP contribution < -0.4 is 10.2 Å². The molecule has 8 heteroatoms. The summed E-state index contributed by atoms with van der Waals surface area (Å²) in [4.78, 5) is 20.2. The van der Waals surface area contributed by atoms with Crippen LogP contribution in [-0.2, 0) is 4.74 Å². The quantitative estimate of drug-likeness (QED) is 0.866. The van der Waals surface area contributed by atoms with Crippen molar-refractivity contribution < 1.29 is 9.53 Å². The van der Waals surface area contributed by atoms with Crippen LogP contribution in [0, 0.1) is 0 Å². The summed E-state index contributed by atoms with van der Waals surface area (Å²) < 4.78 is 5.05. The van der Waals surface area contributed by atoms with Gasteiger partial charge in [-0.25, -0.2) is 4.79 Å². The van der Waals surface area contributed by atoms with Crippen molar-refractivity contribution in [2.75, 3.05) is 43.0 Å². The number of nitrogens with one attached hydrogen (secondary N) is 1. The fourth-order valence-corrected chi connectivity index (χ4v) is 3.04. The molecule has 1 aliphatic rings. The van der Waals surface area contributed by atoms with Gasteiger partial charge < -0.3 is 19.9 Å². The van der Waals surface area contributed by atoms with Crippen LogP contribution in [0.4, 0.5) is 22.2 Å². The molecule has 144 valence electrons. The summed E-state index contributed by atoms with van der Waals surface area (Å²) in [6.45, 7) is 8.97. The molecular weight excluding hydrogens is 344 g/mol. The van der Waals surface area contributed by atoms with Gasteiger partial charge in [-0.3, -0.25) is 0 Å². The summed E-state index contributed by atoms with van der Waals surface area (Å²) in [5, 5.41) is 11.6. The molecule has 0 saturated carbocycles. The van der Waals surface area contributed by atoms with Crippen LogP contribution >= 0.6 is 0 Å². The second-order valence-electron chi connectivity index (χ2n) is 6.68. The summed E-state index contributed by atoms with van der Waals surface area (Å²) in [5.74, 6) is 1.62. The number of nitrogens with zero attached hydrogens (tertiary/aromatic N) is 5. The summed E-state index contributed by atoms with van der Waals surface area (Å²) >= 11 is 0. The first-order valence-electron chi connectivity index (χ1n) is 9.30. The molecule has 1 amide bonds. The highest BCUT2D eigenvalue weighted by Gasteiger charge is 2.23. The average molecular weight is 370 g/mol. The van der Waals surface area contributed by atoms with E-state index in [-0.39, 0.29) is 6.09 Å². The first-order chi connectivity index (χ1) is 13.1. The number of carbonyl (C=O) groups excluding carboxylic acids is 1. The van der Waals surface area contributed by atoms with Crippen LogP contribution in [0.3, 0.4) is 0 Å². The van der Waals surface area contributed by atoms with E-state index in [1.807, 2.05) is 30.0 Å². The summed E-state index contributed by atoms with van der Waals surface area (Å²) in [6, 6.07) is 8.18. The molecule has 1 saturated heterocycles. The van der Waals surface area contributed by atoms with Crippen molar-refractivity contribution in [2.45, 2.75) is 26.7 Å². The topological polar surface area (TPSA) is 83.5 Å². The van der Waals surface area contributed by atoms with Gasteiger partial charge in [0.15, 0.2) is 5.82 Å². The Hall–Kier alpha value is -2.90. The van der Waals surface area contributed by atoms with Crippen LogP contribution in [0.5, 0.6) is 0 Å². The van der Waals surface area contributed by atoms with E-state index in [0.29, 0.717) is 50.5 Å². The largest absolute Gasteiger partial charge is 0.450 e. The Bertz CT molecular complexity index is 774. The molecule has 1 aromatic heterocycles. The molecule has 1 N–H and O–H groups in total. The number of hydrogen-bond acceptors (Lipinski definition) is 7. The molecule has 0 spiro atoms. The Kier molecular flexibility index (Phi) is 6.05. The molecular formula is C19H26N6O2. The predicted molar refractivity (Wildman–Crippen MR) is 104 cm³/mol. The highest BCUT2D eigenvalue weighted by atomic mass is 16.6. The van der Waals surface area contributed by atoms with Crippen LogP contribution in [0.25, 0.3) is 0 Å². The van der Waals surface area contributed by atoms with Crippen molar-refractivity contribution in [2.24, 2.45) is 0 Å². The number of piperazine rings is 1. The van der Waals surface area contributed by atoms with Gasteiger partial charge in [0.25, 0.3) is 0 Å². The molecule has 0 atom stereocenters. The number of para-hydroxylation sites is 1. The third-order valence-corrected chi connectivity index (χ3v) is 4.48. The van der Waals surface area contributed by atoms with E-state index >= 15 is 0 Å². The second kappa shape index (κ2) is 8.66. The molecule has 1 aliphatic heterocycles. The molecule has 1 fully saturated rings. The number of anilines is 3. The lowest BCUT2D eigenvalue weighted by Gasteiger charge is -2.33. The first kappa shape index (κ1) is 18.9. The van der Waals surface area contributed by atoms with Crippen molar-refractivity contribution in [1.29, 1.82) is 0 Å². The first-order valence-corrected chi connectivity index (χ1v) is 9.30. The standard InChI is InChI=1S/C19H26N6O2/c1-4-27-19(26)25-11-9-24(10-12-25)18-22-17(13-20-23-18)21-16-8-6-5-7-15(16)14(2)3/h5-8,13-14H,4,9-12H2,1-3H3,(H,21,22,23). The molecule has 0 aliphatic carbocycles. The molecule has 1 aromatic carbocycles. The van der Waals surface area contributed by atoms with Gasteiger partial charge in [0, 0.05) is 31.9 Å². The van der Waals surface area contributed by atoms with Crippen LogP contribution in [0.1, 0.15) is 32.3 Å². The maximum Gasteiger partial charge on any atom is 0.409 e. The minimum atomic E-state index is -0.267. The summed E-state index contributed by atoms with van der Waals surface area (Å²) in [5.41, 5.74) is 2.24. The Morgan fingerprint density at radius 2 is 1.96 bits per heavy atom. The maximum absolute atomic E-state index is 11.8. The van der Waals surface area contributed by atoms with Gasteiger partial charge in [-0.15, -0.1) is 5.10 Å². The number of amides is 1.